The number of aromatic nitrogens is 1. The molecule has 3 aliphatic heterocycles. The Morgan fingerprint density at radius 1 is 1.02 bits per heavy atom. The molecule has 0 saturated carbocycles. The smallest absolute Gasteiger partial charge is 0.323 e. The normalized spacial score (nSPS) is 17.8. The molecule has 2 aromatic rings. The first-order chi connectivity index (χ1) is 21.8. The number of carbonyl (C=O) groups is 4. The number of aliphatic carboxylic acids is 3. The lowest BCUT2D eigenvalue weighted by molar-refractivity contribution is -0.140. The molecular weight excluding hydrogens is 644 g/mol. The fourth-order valence-corrected chi connectivity index (χ4v) is 6.72. The number of amides is 1. The van der Waals surface area contributed by atoms with Crippen LogP contribution in [0.15, 0.2) is 40.4 Å². The number of anilines is 1. The van der Waals surface area contributed by atoms with Gasteiger partial charge in [-0.05, 0) is 36.0 Å². The van der Waals surface area contributed by atoms with E-state index in [9.17, 15) is 39.6 Å². The highest BCUT2D eigenvalue weighted by molar-refractivity contribution is 7.73. The number of carboxylic acid groups (broad SMARTS) is 3. The van der Waals surface area contributed by atoms with Crippen LogP contribution in [-0.4, -0.2) is 79.4 Å². The maximum Gasteiger partial charge on any atom is 0.323 e. The molecule has 1 atom stereocenters. The Morgan fingerprint density at radius 2 is 1.65 bits per heavy atom. The third kappa shape index (κ3) is 6.15. The van der Waals surface area contributed by atoms with Crippen molar-refractivity contribution in [2.45, 2.75) is 40.2 Å². The number of nitrogens with zero attached hydrogens (tertiary/aromatic N) is 4. The van der Waals surface area contributed by atoms with Gasteiger partial charge in [0.2, 0.25) is 18.6 Å². The van der Waals surface area contributed by atoms with E-state index in [1.54, 1.807) is 12.1 Å². The van der Waals surface area contributed by atoms with E-state index in [0.29, 0.717) is 41.4 Å². The Kier molecular flexibility index (Phi) is 9.07. The molecule has 244 valence electrons. The van der Waals surface area contributed by atoms with Crippen LogP contribution in [0.5, 0.6) is 23.1 Å². The van der Waals surface area contributed by atoms with Crippen molar-refractivity contribution in [3.05, 3.63) is 44.2 Å². The first-order valence-electron chi connectivity index (χ1n) is 14.1. The van der Waals surface area contributed by atoms with Crippen LogP contribution in [0.4, 0.5) is 5.69 Å². The van der Waals surface area contributed by atoms with Crippen LogP contribution in [0.25, 0.3) is 0 Å². The fourth-order valence-electron chi connectivity index (χ4n) is 5.44. The van der Waals surface area contributed by atoms with Gasteiger partial charge in [0.25, 0.3) is 5.91 Å². The summed E-state index contributed by atoms with van der Waals surface area (Å²) in [6.45, 7) is 3.88. The van der Waals surface area contributed by atoms with Crippen LogP contribution in [0.3, 0.4) is 0 Å². The largest absolute Gasteiger partial charge is 0.493 e. The summed E-state index contributed by atoms with van der Waals surface area (Å²) < 4.78 is 18.0. The number of carboxylic acids is 3. The maximum absolute atomic E-state index is 14.0. The molecule has 15 nitrogen and oxygen atoms in total. The molecule has 4 N–H and O–H groups in total. The lowest BCUT2D eigenvalue weighted by Gasteiger charge is -2.24. The molecule has 46 heavy (non-hydrogen) atoms. The highest BCUT2D eigenvalue weighted by Gasteiger charge is 2.40. The van der Waals surface area contributed by atoms with Gasteiger partial charge in [0.1, 0.15) is 30.2 Å². The number of hydrogen-bond acceptors (Lipinski definition) is 12. The summed E-state index contributed by atoms with van der Waals surface area (Å²) >= 11 is 6.02. The molecule has 0 spiro atoms. The summed E-state index contributed by atoms with van der Waals surface area (Å²) in [5.74, 6) is -4.54. The molecule has 1 amide bonds. The lowest BCUT2D eigenvalue weighted by Crippen LogP contribution is -2.37. The van der Waals surface area contributed by atoms with E-state index in [2.05, 4.69) is 4.99 Å². The van der Waals surface area contributed by atoms with E-state index >= 15 is 0 Å². The molecule has 0 aliphatic carbocycles. The molecule has 0 bridgehead atoms. The van der Waals surface area contributed by atoms with Crippen molar-refractivity contribution in [3.8, 4) is 23.1 Å². The number of allylic oxidation sites excluding steroid dienone is 2. The van der Waals surface area contributed by atoms with E-state index in [1.165, 1.54) is 11.0 Å². The van der Waals surface area contributed by atoms with Crippen molar-refractivity contribution in [2.24, 2.45) is 16.8 Å². The van der Waals surface area contributed by atoms with E-state index in [-0.39, 0.29) is 44.9 Å². The zero-order valence-corrected chi connectivity index (χ0v) is 26.5. The topological polar surface area (TPSA) is 201 Å². The van der Waals surface area contributed by atoms with Gasteiger partial charge in [-0.3, -0.25) is 33.5 Å². The average Bonchev–Trinajstić information content (AvgIpc) is 3.71. The number of carbonyl (C=O) groups excluding carboxylic acids is 1. The lowest BCUT2D eigenvalue weighted by atomic mass is 9.83. The van der Waals surface area contributed by atoms with Crippen LogP contribution in [0.1, 0.15) is 38.5 Å². The van der Waals surface area contributed by atoms with E-state index in [0.717, 1.165) is 20.8 Å². The van der Waals surface area contributed by atoms with Crippen molar-refractivity contribution in [3.63, 3.8) is 0 Å². The average molecular weight is 675 g/mol. The van der Waals surface area contributed by atoms with Gasteiger partial charge < -0.3 is 34.6 Å². The SMILES string of the molecule is CCCC(C(/C=C1\Oc2cc3c(cc2N1CC(=O)O)OCO3)=C1\N=C(c2sc(=S)n(CC(=O)O)c2O)N(CC(=O)O)C1=O)C(C)C. The van der Waals surface area contributed by atoms with Crippen LogP contribution in [0, 0.1) is 15.8 Å². The number of aliphatic imine (C=N–C) groups is 1. The highest BCUT2D eigenvalue weighted by atomic mass is 32.1. The monoisotopic (exact) mass is 674 g/mol. The van der Waals surface area contributed by atoms with E-state index in [1.807, 2.05) is 20.8 Å². The molecule has 0 fully saturated rings. The van der Waals surface area contributed by atoms with Crippen LogP contribution in [0.2, 0.25) is 0 Å². The standard InChI is InChI=1S/C29H30N4O11S2/c1-4-5-14(13(2)3)15(6-20-31(9-21(34)35)16-7-18-19(43-12-42-18)8-17(16)44-20)24-27(40)32(10-22(36)37)26(30-24)25-28(41)33(11-23(38)39)29(45)46-25/h6-8,13-14,41H,4-5,9-12H2,1-3H3,(H,34,35)(H,36,37)(H,38,39)/b20-6-,24-15-. The zero-order chi connectivity index (χ0) is 33.4. The van der Waals surface area contributed by atoms with Crippen LogP contribution in [-0.2, 0) is 25.7 Å². The van der Waals surface area contributed by atoms with Gasteiger partial charge >= 0.3 is 17.9 Å². The number of rotatable bonds is 12. The summed E-state index contributed by atoms with van der Waals surface area (Å²) in [5.41, 5.74) is 0.625. The first-order valence-corrected chi connectivity index (χ1v) is 15.4. The third-order valence-electron chi connectivity index (χ3n) is 7.45. The summed E-state index contributed by atoms with van der Waals surface area (Å²) in [6, 6.07) is 3.18. The molecule has 4 heterocycles. The second-order valence-electron chi connectivity index (χ2n) is 10.9. The Hall–Kier alpha value is -4.90. The maximum atomic E-state index is 14.0. The Bertz CT molecular complexity index is 1790. The predicted molar refractivity (Wildman–Crippen MR) is 165 cm³/mol. The van der Waals surface area contributed by atoms with Gasteiger partial charge in [-0.1, -0.05) is 38.5 Å². The second-order valence-corrected chi connectivity index (χ2v) is 12.5. The minimum Gasteiger partial charge on any atom is -0.493 e. The number of aromatic hydroxyl groups is 1. The molecule has 1 aromatic carbocycles. The quantitative estimate of drug-likeness (QED) is 0.188. The van der Waals surface area contributed by atoms with Crippen molar-refractivity contribution >= 4 is 58.9 Å². The highest BCUT2D eigenvalue weighted by Crippen LogP contribution is 2.48. The van der Waals surface area contributed by atoms with E-state index in [4.69, 9.17) is 26.4 Å². The molecule has 0 saturated heterocycles. The van der Waals surface area contributed by atoms with Crippen molar-refractivity contribution in [1.82, 2.24) is 9.47 Å². The number of fused-ring (bicyclic) bond motifs is 2. The van der Waals surface area contributed by atoms with Crippen LogP contribution < -0.4 is 19.1 Å². The van der Waals surface area contributed by atoms with Gasteiger partial charge in [-0.15, -0.1) is 0 Å². The minimum absolute atomic E-state index is 0.00153. The molecule has 1 aromatic heterocycles. The fraction of sp³-hybridized carbons (Fsp3) is 0.379. The van der Waals surface area contributed by atoms with Crippen molar-refractivity contribution < 1.29 is 53.8 Å². The first kappa shape index (κ1) is 32.5. The molecule has 0 radical (unpaired) electrons. The van der Waals surface area contributed by atoms with Gasteiger partial charge in [-0.2, -0.15) is 0 Å². The molecular formula is C29H30N4O11S2. The second kappa shape index (κ2) is 12.8. The summed E-state index contributed by atoms with van der Waals surface area (Å²) in [4.78, 5) is 56.0. The predicted octanol–water partition coefficient (Wildman–Crippen LogP) is 3.62. The van der Waals surface area contributed by atoms with Gasteiger partial charge in [0, 0.05) is 18.2 Å². The molecule has 5 rings (SSSR count). The van der Waals surface area contributed by atoms with Gasteiger partial charge in [0.05, 0.1) is 5.69 Å². The molecule has 1 unspecified atom stereocenters. The summed E-state index contributed by atoms with van der Waals surface area (Å²) in [5, 5.41) is 39.7. The number of hydrogen-bond donors (Lipinski definition) is 4. The van der Waals surface area contributed by atoms with Crippen molar-refractivity contribution in [2.75, 3.05) is 24.8 Å². The van der Waals surface area contributed by atoms with Gasteiger partial charge in [0.15, 0.2) is 27.0 Å². The number of ether oxygens (including phenoxy) is 3. The number of amidine groups is 1. The summed E-state index contributed by atoms with van der Waals surface area (Å²) in [7, 11) is 0. The minimum atomic E-state index is -1.36. The van der Waals surface area contributed by atoms with Gasteiger partial charge in [-0.25, -0.2) is 4.99 Å². The summed E-state index contributed by atoms with van der Waals surface area (Å²) in [6.07, 6.45) is 2.82. The molecule has 3 aliphatic rings. The van der Waals surface area contributed by atoms with Crippen LogP contribution >= 0.6 is 23.6 Å². The molecule has 17 heteroatoms. The Labute approximate surface area is 270 Å². The zero-order valence-electron chi connectivity index (χ0n) is 24.9. The Balaban J connectivity index is 1.73. The third-order valence-corrected chi connectivity index (χ3v) is 8.89. The number of benzene rings is 1. The van der Waals surface area contributed by atoms with E-state index < -0.39 is 49.3 Å². The number of thiazole rings is 1. The Morgan fingerprint density at radius 3 is 2.26 bits per heavy atom. The van der Waals surface area contributed by atoms with Crippen molar-refractivity contribution in [1.29, 1.82) is 0 Å².